The van der Waals surface area contributed by atoms with Crippen LogP contribution in [0.25, 0.3) is 0 Å². The highest BCUT2D eigenvalue weighted by atomic mass is 32.1. The van der Waals surface area contributed by atoms with Crippen LogP contribution in [0.3, 0.4) is 0 Å². The Labute approximate surface area is 141 Å². The number of nitrogens with zero attached hydrogens (tertiary/aromatic N) is 1. The minimum Gasteiger partial charge on any atom is -0.394 e. The zero-order valence-corrected chi connectivity index (χ0v) is 15.1. The number of carbonyl (C=O) groups excluding carboxylic acids is 1. The highest BCUT2D eigenvalue weighted by molar-refractivity contribution is 7.14. The number of rotatable bonds is 5. The summed E-state index contributed by atoms with van der Waals surface area (Å²) in [6, 6.07) is 10.2. The van der Waals surface area contributed by atoms with Gasteiger partial charge in [0.1, 0.15) is 9.88 Å². The van der Waals surface area contributed by atoms with Gasteiger partial charge in [0, 0.05) is 5.41 Å². The number of thiazole rings is 1. The number of carbonyl (C=O) groups is 1. The maximum Gasteiger partial charge on any atom is 0.263 e. The van der Waals surface area contributed by atoms with Crippen molar-refractivity contribution in [3.63, 3.8) is 0 Å². The number of hydrogen-bond donors (Lipinski definition) is 2. The minimum atomic E-state index is -0.650. The number of aryl methyl sites for hydroxylation is 1. The lowest BCUT2D eigenvalue weighted by molar-refractivity contribution is 0.0872. The van der Waals surface area contributed by atoms with E-state index in [-0.39, 0.29) is 17.9 Å². The lowest BCUT2D eigenvalue weighted by atomic mass is 9.85. The van der Waals surface area contributed by atoms with E-state index < -0.39 is 5.54 Å². The molecule has 0 radical (unpaired) electrons. The Morgan fingerprint density at radius 2 is 1.83 bits per heavy atom. The van der Waals surface area contributed by atoms with Crippen LogP contribution in [0.15, 0.2) is 30.3 Å². The normalized spacial score (nSPS) is 12.3. The van der Waals surface area contributed by atoms with E-state index in [0.29, 0.717) is 4.88 Å². The Kier molecular flexibility index (Phi) is 4.92. The van der Waals surface area contributed by atoms with Gasteiger partial charge in [-0.25, -0.2) is 4.98 Å². The largest absolute Gasteiger partial charge is 0.394 e. The smallest absolute Gasteiger partial charge is 0.263 e. The third-order valence-corrected chi connectivity index (χ3v) is 5.36. The van der Waals surface area contributed by atoms with Crippen molar-refractivity contribution in [3.05, 3.63) is 51.5 Å². The van der Waals surface area contributed by atoms with Gasteiger partial charge in [0.25, 0.3) is 5.91 Å². The molecule has 0 saturated carbocycles. The molecule has 5 heteroatoms. The average molecular weight is 332 g/mol. The number of hydrogen-bond acceptors (Lipinski definition) is 4. The van der Waals surface area contributed by atoms with Crippen LogP contribution in [-0.4, -0.2) is 28.1 Å². The van der Waals surface area contributed by atoms with Crippen molar-refractivity contribution in [2.45, 2.75) is 45.6 Å². The summed E-state index contributed by atoms with van der Waals surface area (Å²) in [7, 11) is 0. The summed E-state index contributed by atoms with van der Waals surface area (Å²) in [5, 5.41) is 13.1. The SMILES string of the molecule is Cc1nc(C(C)(C)c2ccccc2)sc1C(=O)NC(C)(C)CO. The molecule has 4 nitrogen and oxygen atoms in total. The first kappa shape index (κ1) is 17.6. The number of aliphatic hydroxyl groups is 1. The second-order valence-corrected chi connectivity index (χ2v) is 7.92. The second-order valence-electron chi connectivity index (χ2n) is 6.92. The first-order chi connectivity index (χ1) is 10.7. The van der Waals surface area contributed by atoms with Gasteiger partial charge in [-0.05, 0) is 40.2 Å². The predicted molar refractivity (Wildman–Crippen MR) is 94.1 cm³/mol. The molecule has 23 heavy (non-hydrogen) atoms. The minimum absolute atomic E-state index is 0.112. The molecule has 124 valence electrons. The predicted octanol–water partition coefficient (Wildman–Crippen LogP) is 3.28. The van der Waals surface area contributed by atoms with E-state index in [9.17, 15) is 9.90 Å². The van der Waals surface area contributed by atoms with Gasteiger partial charge in [0.2, 0.25) is 0 Å². The topological polar surface area (TPSA) is 62.2 Å². The van der Waals surface area contributed by atoms with Gasteiger partial charge in [0.15, 0.2) is 0 Å². The number of aromatic nitrogens is 1. The molecule has 0 aliphatic carbocycles. The molecule has 0 aliphatic heterocycles. The van der Waals surface area contributed by atoms with Crippen LogP contribution in [0.2, 0.25) is 0 Å². The van der Waals surface area contributed by atoms with Crippen molar-refractivity contribution in [3.8, 4) is 0 Å². The molecule has 0 bridgehead atoms. The summed E-state index contributed by atoms with van der Waals surface area (Å²) in [6.45, 7) is 9.53. The second kappa shape index (κ2) is 6.42. The molecule has 0 saturated heterocycles. The summed E-state index contributed by atoms with van der Waals surface area (Å²) in [5.41, 5.74) is 0.973. The van der Waals surface area contributed by atoms with E-state index in [0.717, 1.165) is 16.3 Å². The van der Waals surface area contributed by atoms with Crippen LogP contribution in [0, 0.1) is 6.92 Å². The van der Waals surface area contributed by atoms with Crippen LogP contribution < -0.4 is 5.32 Å². The lowest BCUT2D eigenvalue weighted by Gasteiger charge is -2.23. The van der Waals surface area contributed by atoms with Crippen LogP contribution in [0.4, 0.5) is 0 Å². The molecular weight excluding hydrogens is 308 g/mol. The molecule has 2 rings (SSSR count). The van der Waals surface area contributed by atoms with Crippen LogP contribution in [0.1, 0.15) is 53.6 Å². The molecule has 0 atom stereocenters. The van der Waals surface area contributed by atoms with Crippen LogP contribution in [0.5, 0.6) is 0 Å². The zero-order valence-electron chi connectivity index (χ0n) is 14.3. The fourth-order valence-electron chi connectivity index (χ4n) is 2.26. The Morgan fingerprint density at radius 3 is 2.39 bits per heavy atom. The molecule has 0 aliphatic rings. The molecule has 2 N–H and O–H groups in total. The molecular formula is C18H24N2O2S. The summed E-state index contributed by atoms with van der Waals surface area (Å²) in [4.78, 5) is 17.7. The van der Waals surface area contributed by atoms with Crippen molar-refractivity contribution in [2.24, 2.45) is 0 Å². The van der Waals surface area contributed by atoms with Crippen LogP contribution >= 0.6 is 11.3 Å². The van der Waals surface area contributed by atoms with Crippen molar-refractivity contribution < 1.29 is 9.90 Å². The maximum absolute atomic E-state index is 12.5. The highest BCUT2D eigenvalue weighted by Gasteiger charge is 2.30. The number of benzene rings is 1. The molecule has 1 aromatic heterocycles. The molecule has 0 fully saturated rings. The monoisotopic (exact) mass is 332 g/mol. The number of nitrogens with one attached hydrogen (secondary N) is 1. The number of amides is 1. The average Bonchev–Trinajstić information content (AvgIpc) is 2.90. The third-order valence-electron chi connectivity index (χ3n) is 3.88. The Bertz CT molecular complexity index is 690. The standard InChI is InChI=1S/C18H24N2O2S/c1-12-14(15(22)20-17(2,3)11-21)23-16(19-12)18(4,5)13-9-7-6-8-10-13/h6-10,21H,11H2,1-5H3,(H,20,22). The van der Waals surface area contributed by atoms with E-state index in [1.54, 1.807) is 13.8 Å². The van der Waals surface area contributed by atoms with E-state index in [1.807, 2.05) is 25.1 Å². The van der Waals surface area contributed by atoms with E-state index in [2.05, 4.69) is 36.3 Å². The Hall–Kier alpha value is -1.72. The van der Waals surface area contributed by atoms with Crippen LogP contribution in [-0.2, 0) is 5.41 Å². The number of aliphatic hydroxyl groups excluding tert-OH is 1. The molecule has 0 spiro atoms. The van der Waals surface area contributed by atoms with Gasteiger partial charge in [-0.3, -0.25) is 4.79 Å². The van der Waals surface area contributed by atoms with E-state index in [4.69, 9.17) is 0 Å². The fraction of sp³-hybridized carbons (Fsp3) is 0.444. The van der Waals surface area contributed by atoms with Gasteiger partial charge in [-0.1, -0.05) is 30.3 Å². The third kappa shape index (κ3) is 3.79. The van der Waals surface area contributed by atoms with Crippen molar-refractivity contribution >= 4 is 17.2 Å². The van der Waals surface area contributed by atoms with Gasteiger partial charge >= 0.3 is 0 Å². The summed E-state index contributed by atoms with van der Waals surface area (Å²) < 4.78 is 0. The van der Waals surface area contributed by atoms with Crippen molar-refractivity contribution in [1.82, 2.24) is 10.3 Å². The van der Waals surface area contributed by atoms with Gasteiger partial charge in [-0.15, -0.1) is 11.3 Å². The lowest BCUT2D eigenvalue weighted by Crippen LogP contribution is -2.46. The summed E-state index contributed by atoms with van der Waals surface area (Å²) in [6.07, 6.45) is 0. The Morgan fingerprint density at radius 1 is 1.22 bits per heavy atom. The summed E-state index contributed by atoms with van der Waals surface area (Å²) >= 11 is 1.42. The van der Waals surface area contributed by atoms with E-state index >= 15 is 0 Å². The maximum atomic E-state index is 12.5. The molecule has 1 aromatic carbocycles. The fourth-order valence-corrected chi connectivity index (χ4v) is 3.34. The highest BCUT2D eigenvalue weighted by Crippen LogP contribution is 2.35. The quantitative estimate of drug-likeness (QED) is 0.883. The molecule has 2 aromatic rings. The molecule has 1 heterocycles. The first-order valence-corrected chi connectivity index (χ1v) is 8.46. The molecule has 0 unspecified atom stereocenters. The van der Waals surface area contributed by atoms with Gasteiger partial charge in [-0.2, -0.15) is 0 Å². The molecule has 1 amide bonds. The van der Waals surface area contributed by atoms with E-state index in [1.165, 1.54) is 11.3 Å². The van der Waals surface area contributed by atoms with Gasteiger partial charge in [0.05, 0.1) is 17.8 Å². The Balaban J connectivity index is 2.33. The zero-order chi connectivity index (χ0) is 17.3. The van der Waals surface area contributed by atoms with Gasteiger partial charge < -0.3 is 10.4 Å². The van der Waals surface area contributed by atoms with Crippen molar-refractivity contribution in [2.75, 3.05) is 6.61 Å². The van der Waals surface area contributed by atoms with Crippen molar-refractivity contribution in [1.29, 1.82) is 0 Å². The first-order valence-electron chi connectivity index (χ1n) is 7.64. The summed E-state index contributed by atoms with van der Waals surface area (Å²) in [5.74, 6) is -0.186.